The molecule has 0 aromatic heterocycles. The number of amidine groups is 1. The van der Waals surface area contributed by atoms with E-state index in [0.29, 0.717) is 46.0 Å². The van der Waals surface area contributed by atoms with Crippen LogP contribution < -0.4 is 10.6 Å². The van der Waals surface area contributed by atoms with Crippen LogP contribution >= 0.6 is 36.0 Å². The van der Waals surface area contributed by atoms with Crippen LogP contribution in [-0.2, 0) is 11.3 Å². The zero-order valence-electron chi connectivity index (χ0n) is 20.5. The first kappa shape index (κ1) is 26.7. The summed E-state index contributed by atoms with van der Waals surface area (Å²) in [4.78, 5) is 21.6. The maximum absolute atomic E-state index is 13.7. The molecule has 3 aromatic carbocycles. The topological polar surface area (TPSA) is 80.5 Å². The van der Waals surface area contributed by atoms with E-state index in [4.69, 9.17) is 16.6 Å². The number of carbonyl (C=O) groups is 1. The summed E-state index contributed by atoms with van der Waals surface area (Å²) in [6, 6.07) is 22.7. The van der Waals surface area contributed by atoms with Crippen molar-refractivity contribution in [2.75, 3.05) is 23.7 Å². The number of thioether (sulfide) groups is 1. The van der Waals surface area contributed by atoms with Crippen LogP contribution in [0, 0.1) is 11.3 Å². The zero-order valence-corrected chi connectivity index (χ0v) is 22.9. The molecule has 1 amide bonds. The Kier molecular flexibility index (Phi) is 8.82. The molecular weight excluding hydrogens is 522 g/mol. The molecule has 1 saturated heterocycles. The van der Waals surface area contributed by atoms with Gasteiger partial charge < -0.3 is 10.6 Å². The molecule has 1 fully saturated rings. The van der Waals surface area contributed by atoms with Crippen molar-refractivity contribution in [3.63, 3.8) is 0 Å². The summed E-state index contributed by atoms with van der Waals surface area (Å²) in [5.74, 6) is -0.106. The summed E-state index contributed by atoms with van der Waals surface area (Å²) >= 11 is 12.0. The third-order valence-corrected chi connectivity index (χ3v) is 7.49. The number of amides is 1. The Hall–Kier alpha value is -3.38. The minimum absolute atomic E-state index is 0.106. The quantitative estimate of drug-likeness (QED) is 0.207. The van der Waals surface area contributed by atoms with Crippen LogP contribution in [0.15, 0.2) is 87.1 Å². The molecule has 3 aromatic rings. The van der Waals surface area contributed by atoms with E-state index >= 15 is 0 Å². The van der Waals surface area contributed by atoms with E-state index in [1.54, 1.807) is 23.1 Å². The molecule has 0 radical (unpaired) electrons. The average molecular weight is 548 g/mol. The summed E-state index contributed by atoms with van der Waals surface area (Å²) in [5.41, 5.74) is 4.60. The fraction of sp³-hybridized carbons (Fsp3) is 0.179. The summed E-state index contributed by atoms with van der Waals surface area (Å²) in [6.07, 6.45) is 0. The smallest absolute Gasteiger partial charge is 0.267 e. The molecule has 1 aliphatic heterocycles. The molecule has 0 saturated carbocycles. The number of benzene rings is 3. The summed E-state index contributed by atoms with van der Waals surface area (Å²) < 4.78 is 0. The lowest BCUT2D eigenvalue weighted by atomic mass is 10.2. The Labute approximate surface area is 231 Å². The SMILES string of the molecule is CCNc1ccc(C#N)cc1N=C1S/C(=C(\C)CNc2cc(Cl)ccc2S)C(=O)N1Cc1ccccc1. The molecule has 0 atom stereocenters. The highest BCUT2D eigenvalue weighted by Gasteiger charge is 2.35. The molecule has 0 spiro atoms. The Morgan fingerprint density at radius 2 is 1.89 bits per heavy atom. The van der Waals surface area contributed by atoms with E-state index in [1.165, 1.54) is 11.8 Å². The first-order valence-electron chi connectivity index (χ1n) is 11.7. The molecule has 0 unspecified atom stereocenters. The van der Waals surface area contributed by atoms with Gasteiger partial charge in [0.15, 0.2) is 5.17 Å². The molecule has 37 heavy (non-hydrogen) atoms. The number of carbonyl (C=O) groups excluding carboxylic acids is 1. The van der Waals surface area contributed by atoms with Crippen molar-refractivity contribution in [1.82, 2.24) is 4.90 Å². The molecule has 188 valence electrons. The maximum Gasteiger partial charge on any atom is 0.267 e. The van der Waals surface area contributed by atoms with Gasteiger partial charge in [-0.05, 0) is 73.1 Å². The van der Waals surface area contributed by atoms with Crippen molar-refractivity contribution in [2.24, 2.45) is 4.99 Å². The van der Waals surface area contributed by atoms with Gasteiger partial charge in [-0.1, -0.05) is 41.9 Å². The van der Waals surface area contributed by atoms with E-state index in [9.17, 15) is 10.1 Å². The Morgan fingerprint density at radius 3 is 2.62 bits per heavy atom. The maximum atomic E-state index is 13.7. The van der Waals surface area contributed by atoms with Crippen LogP contribution in [0.3, 0.4) is 0 Å². The summed E-state index contributed by atoms with van der Waals surface area (Å²) in [6.45, 7) is 5.47. The highest BCUT2D eigenvalue weighted by Crippen LogP contribution is 2.38. The molecule has 9 heteroatoms. The highest BCUT2D eigenvalue weighted by atomic mass is 35.5. The zero-order chi connectivity index (χ0) is 26.4. The molecular formula is C28H26ClN5OS2. The van der Waals surface area contributed by atoms with E-state index in [-0.39, 0.29) is 5.91 Å². The predicted octanol–water partition coefficient (Wildman–Crippen LogP) is 7.08. The number of rotatable bonds is 8. The number of aliphatic imine (C=N–C) groups is 1. The minimum atomic E-state index is -0.106. The van der Waals surface area contributed by atoms with E-state index in [2.05, 4.69) is 29.3 Å². The Morgan fingerprint density at radius 1 is 1.11 bits per heavy atom. The lowest BCUT2D eigenvalue weighted by Crippen LogP contribution is -2.28. The second-order valence-electron chi connectivity index (χ2n) is 8.37. The van der Waals surface area contributed by atoms with E-state index in [0.717, 1.165) is 27.4 Å². The van der Waals surface area contributed by atoms with Gasteiger partial charge >= 0.3 is 0 Å². The lowest BCUT2D eigenvalue weighted by Gasteiger charge is -2.17. The largest absolute Gasteiger partial charge is 0.384 e. The van der Waals surface area contributed by atoms with Crippen molar-refractivity contribution >= 4 is 64.1 Å². The lowest BCUT2D eigenvalue weighted by molar-refractivity contribution is -0.122. The molecule has 2 N–H and O–H groups in total. The van der Waals surface area contributed by atoms with Crippen LogP contribution in [0.2, 0.25) is 5.02 Å². The van der Waals surface area contributed by atoms with Crippen molar-refractivity contribution < 1.29 is 4.79 Å². The third-order valence-electron chi connectivity index (χ3n) is 5.65. The van der Waals surface area contributed by atoms with Gasteiger partial charge in [0, 0.05) is 28.7 Å². The number of anilines is 2. The van der Waals surface area contributed by atoms with Gasteiger partial charge in [-0.15, -0.1) is 12.6 Å². The second-order valence-corrected chi connectivity index (χ2v) is 10.3. The average Bonchev–Trinajstić information content (AvgIpc) is 3.20. The molecule has 0 bridgehead atoms. The monoisotopic (exact) mass is 547 g/mol. The van der Waals surface area contributed by atoms with Gasteiger partial charge in [0.05, 0.1) is 34.5 Å². The van der Waals surface area contributed by atoms with Gasteiger partial charge in [-0.25, -0.2) is 4.99 Å². The van der Waals surface area contributed by atoms with Gasteiger partial charge in [-0.2, -0.15) is 5.26 Å². The van der Waals surface area contributed by atoms with Crippen LogP contribution in [0.1, 0.15) is 25.0 Å². The Balaban J connectivity index is 1.70. The van der Waals surface area contributed by atoms with Gasteiger partial charge in [0.1, 0.15) is 0 Å². The van der Waals surface area contributed by atoms with Crippen molar-refractivity contribution in [3.8, 4) is 6.07 Å². The van der Waals surface area contributed by atoms with Crippen molar-refractivity contribution in [2.45, 2.75) is 25.3 Å². The predicted molar refractivity (Wildman–Crippen MR) is 157 cm³/mol. The van der Waals surface area contributed by atoms with Crippen molar-refractivity contribution in [3.05, 3.63) is 93.4 Å². The van der Waals surface area contributed by atoms with Gasteiger partial charge in [0.2, 0.25) is 0 Å². The molecule has 4 rings (SSSR count). The van der Waals surface area contributed by atoms with Crippen molar-refractivity contribution in [1.29, 1.82) is 5.26 Å². The number of nitrogens with zero attached hydrogens (tertiary/aromatic N) is 3. The Bertz CT molecular complexity index is 1420. The molecule has 6 nitrogen and oxygen atoms in total. The number of hydrogen-bond acceptors (Lipinski definition) is 7. The van der Waals surface area contributed by atoms with E-state index < -0.39 is 0 Å². The highest BCUT2D eigenvalue weighted by molar-refractivity contribution is 8.18. The van der Waals surface area contributed by atoms with Gasteiger partial charge in [0.25, 0.3) is 5.91 Å². The standard InChI is InChI=1S/C28H26ClN5OS2/c1-3-31-22-11-9-20(15-30)13-23(22)33-28-34(17-19-7-5-4-6-8-19)27(35)26(37-28)18(2)16-32-24-14-21(29)10-12-25(24)36/h4-14,31-32,36H,3,16-17H2,1-2H3/b26-18+,33-28?. The normalized spacial score (nSPS) is 15.6. The number of halogens is 1. The van der Waals surface area contributed by atoms with Crippen LogP contribution in [-0.4, -0.2) is 29.1 Å². The number of nitrogens with one attached hydrogen (secondary N) is 2. The van der Waals surface area contributed by atoms with Gasteiger partial charge in [-0.3, -0.25) is 9.69 Å². The molecule has 0 aliphatic carbocycles. The first-order valence-corrected chi connectivity index (χ1v) is 13.4. The molecule has 1 aliphatic rings. The summed E-state index contributed by atoms with van der Waals surface area (Å²) in [5, 5.41) is 17.2. The fourth-order valence-corrected chi connectivity index (χ4v) is 5.17. The van der Waals surface area contributed by atoms with Crippen LogP contribution in [0.25, 0.3) is 0 Å². The number of thiol groups is 1. The van der Waals surface area contributed by atoms with E-state index in [1.807, 2.05) is 62.4 Å². The molecule has 1 heterocycles. The van der Waals surface area contributed by atoms with Crippen LogP contribution in [0.4, 0.5) is 17.1 Å². The first-order chi connectivity index (χ1) is 17.9. The van der Waals surface area contributed by atoms with Crippen LogP contribution in [0.5, 0.6) is 0 Å². The number of hydrogen-bond donors (Lipinski definition) is 3. The fourth-order valence-electron chi connectivity index (χ4n) is 3.75. The number of nitriles is 1. The third kappa shape index (κ3) is 6.50. The second kappa shape index (κ2) is 12.2. The minimum Gasteiger partial charge on any atom is -0.384 e. The summed E-state index contributed by atoms with van der Waals surface area (Å²) in [7, 11) is 0.